The standard InChI is InChI=1S/C29H35N3O5S/c1-4-19-30-29(34)23(2)31(20-24-11-7-5-8-12-24)28(33)21-32(38(3,35)36)26-15-17-27(18-16-26)37-22-25-13-9-6-10-14-25/h5-18,23H,4,19-22H2,1-3H3,(H,30,34). The van der Waals surface area contributed by atoms with Gasteiger partial charge < -0.3 is 15.0 Å². The average molecular weight is 538 g/mol. The van der Waals surface area contributed by atoms with Crippen LogP contribution in [0, 0.1) is 0 Å². The van der Waals surface area contributed by atoms with E-state index in [1.165, 1.54) is 4.90 Å². The van der Waals surface area contributed by atoms with Crippen molar-refractivity contribution in [2.45, 2.75) is 39.5 Å². The lowest BCUT2D eigenvalue weighted by molar-refractivity contribution is -0.139. The largest absolute Gasteiger partial charge is 0.489 e. The highest BCUT2D eigenvalue weighted by Gasteiger charge is 2.30. The van der Waals surface area contributed by atoms with Crippen LogP contribution in [0.4, 0.5) is 5.69 Å². The Labute approximate surface area is 225 Å². The molecule has 0 heterocycles. The number of nitrogens with one attached hydrogen (secondary N) is 1. The van der Waals surface area contributed by atoms with Crippen LogP contribution in [0.5, 0.6) is 5.75 Å². The molecule has 0 aliphatic heterocycles. The van der Waals surface area contributed by atoms with Crippen molar-refractivity contribution in [3.05, 3.63) is 96.1 Å². The third-order valence-electron chi connectivity index (χ3n) is 5.96. The third kappa shape index (κ3) is 8.34. The molecule has 0 radical (unpaired) electrons. The molecule has 8 nitrogen and oxygen atoms in total. The molecular weight excluding hydrogens is 502 g/mol. The van der Waals surface area contributed by atoms with Crippen LogP contribution in [0.1, 0.15) is 31.4 Å². The van der Waals surface area contributed by atoms with Crippen molar-refractivity contribution >= 4 is 27.5 Å². The van der Waals surface area contributed by atoms with Crippen molar-refractivity contribution in [1.82, 2.24) is 10.2 Å². The quantitative estimate of drug-likeness (QED) is 0.356. The molecule has 0 spiro atoms. The molecule has 202 valence electrons. The Balaban J connectivity index is 1.79. The number of nitrogens with zero attached hydrogens (tertiary/aromatic N) is 2. The number of carbonyl (C=O) groups excluding carboxylic acids is 2. The first kappa shape index (κ1) is 28.7. The molecule has 3 rings (SSSR count). The van der Waals surface area contributed by atoms with Gasteiger partial charge >= 0.3 is 0 Å². The number of carbonyl (C=O) groups is 2. The number of hydrogen-bond donors (Lipinski definition) is 1. The van der Waals surface area contributed by atoms with Gasteiger partial charge in [-0.1, -0.05) is 67.6 Å². The SMILES string of the molecule is CCCNC(=O)C(C)N(Cc1ccccc1)C(=O)CN(c1ccc(OCc2ccccc2)cc1)S(C)(=O)=O. The second-order valence-electron chi connectivity index (χ2n) is 9.01. The number of anilines is 1. The van der Waals surface area contributed by atoms with Crippen molar-refractivity contribution in [3.8, 4) is 5.75 Å². The molecule has 1 N–H and O–H groups in total. The van der Waals surface area contributed by atoms with E-state index in [4.69, 9.17) is 4.74 Å². The maximum Gasteiger partial charge on any atom is 0.244 e. The highest BCUT2D eigenvalue weighted by atomic mass is 32.2. The van der Waals surface area contributed by atoms with Gasteiger partial charge in [-0.25, -0.2) is 8.42 Å². The van der Waals surface area contributed by atoms with Crippen LogP contribution in [-0.4, -0.2) is 50.5 Å². The topological polar surface area (TPSA) is 96.0 Å². The van der Waals surface area contributed by atoms with Gasteiger partial charge in [0.05, 0.1) is 11.9 Å². The fourth-order valence-electron chi connectivity index (χ4n) is 3.82. The summed E-state index contributed by atoms with van der Waals surface area (Å²) in [5.74, 6) is -0.200. The van der Waals surface area contributed by atoms with Gasteiger partial charge in [0.25, 0.3) is 0 Å². The molecule has 0 saturated carbocycles. The lowest BCUT2D eigenvalue weighted by Crippen LogP contribution is -2.51. The predicted molar refractivity (Wildman–Crippen MR) is 149 cm³/mol. The summed E-state index contributed by atoms with van der Waals surface area (Å²) < 4.78 is 32.3. The molecule has 0 fully saturated rings. The van der Waals surface area contributed by atoms with E-state index in [-0.39, 0.29) is 12.5 Å². The van der Waals surface area contributed by atoms with E-state index in [1.54, 1.807) is 31.2 Å². The summed E-state index contributed by atoms with van der Waals surface area (Å²) in [6, 6.07) is 24.7. The van der Waals surface area contributed by atoms with E-state index in [0.717, 1.165) is 28.1 Å². The van der Waals surface area contributed by atoms with E-state index in [9.17, 15) is 18.0 Å². The molecule has 1 atom stereocenters. The molecular formula is C29H35N3O5S. The molecule has 3 aromatic carbocycles. The Bertz CT molecular complexity index is 1280. The summed E-state index contributed by atoms with van der Waals surface area (Å²) in [6.45, 7) is 4.19. The van der Waals surface area contributed by atoms with Gasteiger partial charge in [0.15, 0.2) is 0 Å². The Kier molecular flexibility index (Phi) is 10.3. The van der Waals surface area contributed by atoms with Crippen molar-refractivity contribution in [1.29, 1.82) is 0 Å². The Hall–Kier alpha value is -3.85. The molecule has 0 aliphatic rings. The monoisotopic (exact) mass is 537 g/mol. The third-order valence-corrected chi connectivity index (χ3v) is 7.11. The van der Waals surface area contributed by atoms with Gasteiger partial charge in [0.2, 0.25) is 21.8 Å². The first-order chi connectivity index (χ1) is 18.2. The molecule has 9 heteroatoms. The minimum absolute atomic E-state index is 0.171. The van der Waals surface area contributed by atoms with E-state index in [1.807, 2.05) is 67.6 Å². The van der Waals surface area contributed by atoms with Crippen LogP contribution in [0.2, 0.25) is 0 Å². The first-order valence-corrected chi connectivity index (χ1v) is 14.4. The van der Waals surface area contributed by atoms with Gasteiger partial charge in [-0.3, -0.25) is 13.9 Å². The molecule has 2 amide bonds. The maximum atomic E-state index is 13.5. The van der Waals surface area contributed by atoms with Crippen LogP contribution < -0.4 is 14.4 Å². The van der Waals surface area contributed by atoms with Crippen molar-refractivity contribution in [2.24, 2.45) is 0 Å². The lowest BCUT2D eigenvalue weighted by atomic mass is 10.1. The van der Waals surface area contributed by atoms with Crippen LogP contribution in [0.3, 0.4) is 0 Å². The average Bonchev–Trinajstić information content (AvgIpc) is 2.92. The number of sulfonamides is 1. The van der Waals surface area contributed by atoms with Crippen molar-refractivity contribution in [2.75, 3.05) is 23.7 Å². The van der Waals surface area contributed by atoms with Gasteiger partial charge in [-0.2, -0.15) is 0 Å². The Morgan fingerprint density at radius 3 is 2.03 bits per heavy atom. The van der Waals surface area contributed by atoms with Crippen LogP contribution in [0.15, 0.2) is 84.9 Å². The smallest absolute Gasteiger partial charge is 0.244 e. The molecule has 0 aromatic heterocycles. The van der Waals surface area contributed by atoms with Gasteiger partial charge in [0.1, 0.15) is 24.9 Å². The molecule has 0 aliphatic carbocycles. The number of amides is 2. The summed E-state index contributed by atoms with van der Waals surface area (Å²) >= 11 is 0. The second kappa shape index (κ2) is 13.6. The zero-order valence-corrected chi connectivity index (χ0v) is 22.9. The van der Waals surface area contributed by atoms with Crippen LogP contribution in [0.25, 0.3) is 0 Å². The zero-order chi connectivity index (χ0) is 27.5. The number of benzene rings is 3. The molecule has 3 aromatic rings. The molecule has 38 heavy (non-hydrogen) atoms. The lowest BCUT2D eigenvalue weighted by Gasteiger charge is -2.31. The van der Waals surface area contributed by atoms with Gasteiger partial charge in [0, 0.05) is 13.1 Å². The minimum Gasteiger partial charge on any atom is -0.489 e. The van der Waals surface area contributed by atoms with E-state index >= 15 is 0 Å². The van der Waals surface area contributed by atoms with Crippen LogP contribution >= 0.6 is 0 Å². The molecule has 1 unspecified atom stereocenters. The molecule has 0 saturated heterocycles. The fourth-order valence-corrected chi connectivity index (χ4v) is 4.67. The first-order valence-electron chi connectivity index (χ1n) is 12.5. The van der Waals surface area contributed by atoms with Gasteiger partial charge in [-0.05, 0) is 48.7 Å². The highest BCUT2D eigenvalue weighted by molar-refractivity contribution is 7.92. The summed E-state index contributed by atoms with van der Waals surface area (Å²) in [6.07, 6.45) is 1.82. The summed E-state index contributed by atoms with van der Waals surface area (Å²) in [5.41, 5.74) is 2.17. The number of rotatable bonds is 13. The normalized spacial score (nSPS) is 11.9. The highest BCUT2D eigenvalue weighted by Crippen LogP contribution is 2.23. The molecule has 0 bridgehead atoms. The number of ether oxygens (including phenoxy) is 1. The fraction of sp³-hybridized carbons (Fsp3) is 0.310. The second-order valence-corrected chi connectivity index (χ2v) is 10.9. The summed E-state index contributed by atoms with van der Waals surface area (Å²) in [4.78, 5) is 27.7. The van der Waals surface area contributed by atoms with Crippen LogP contribution in [-0.2, 0) is 32.8 Å². The van der Waals surface area contributed by atoms with Crippen molar-refractivity contribution < 1.29 is 22.7 Å². The van der Waals surface area contributed by atoms with E-state index < -0.39 is 28.5 Å². The number of hydrogen-bond acceptors (Lipinski definition) is 5. The van der Waals surface area contributed by atoms with Gasteiger partial charge in [-0.15, -0.1) is 0 Å². The Morgan fingerprint density at radius 1 is 0.895 bits per heavy atom. The van der Waals surface area contributed by atoms with Crippen molar-refractivity contribution in [3.63, 3.8) is 0 Å². The Morgan fingerprint density at radius 2 is 1.47 bits per heavy atom. The summed E-state index contributed by atoms with van der Waals surface area (Å²) in [7, 11) is -3.80. The van der Waals surface area contributed by atoms with E-state index in [0.29, 0.717) is 24.6 Å². The minimum atomic E-state index is -3.80. The summed E-state index contributed by atoms with van der Waals surface area (Å²) in [5, 5.41) is 2.82. The maximum absolute atomic E-state index is 13.5. The predicted octanol–water partition coefficient (Wildman–Crippen LogP) is 3.98. The van der Waals surface area contributed by atoms with E-state index in [2.05, 4.69) is 5.32 Å². The zero-order valence-electron chi connectivity index (χ0n) is 22.0.